The van der Waals surface area contributed by atoms with Crippen molar-refractivity contribution < 1.29 is 24.2 Å². The minimum absolute atomic E-state index is 0.00582. The Hall–Kier alpha value is -3.03. The van der Waals surface area contributed by atoms with Crippen molar-refractivity contribution in [1.29, 1.82) is 0 Å². The Labute approximate surface area is 151 Å². The van der Waals surface area contributed by atoms with Gasteiger partial charge in [-0.05, 0) is 30.4 Å². The molecule has 2 N–H and O–H groups in total. The molecule has 9 nitrogen and oxygen atoms in total. The highest BCUT2D eigenvalue weighted by Gasteiger charge is 2.14. The predicted molar refractivity (Wildman–Crippen MR) is 93.7 cm³/mol. The number of carbonyl (C=O) groups is 2. The van der Waals surface area contributed by atoms with Crippen molar-refractivity contribution in [3.8, 4) is 0 Å². The third kappa shape index (κ3) is 8.72. The van der Waals surface area contributed by atoms with E-state index in [0.29, 0.717) is 19.3 Å². The molecule has 0 aliphatic rings. The van der Waals surface area contributed by atoms with Gasteiger partial charge in [-0.25, -0.2) is 9.59 Å². The molecule has 0 bridgehead atoms. The summed E-state index contributed by atoms with van der Waals surface area (Å²) in [6.07, 6.45) is 1.32. The van der Waals surface area contributed by atoms with Gasteiger partial charge in [0, 0.05) is 4.91 Å². The average molecular weight is 362 g/mol. The fourth-order valence-electron chi connectivity index (χ4n) is 1.99. The second-order valence-corrected chi connectivity index (χ2v) is 5.29. The number of amides is 1. The second-order valence-electron chi connectivity index (χ2n) is 5.29. The van der Waals surface area contributed by atoms with E-state index in [-0.39, 0.29) is 18.8 Å². The number of esters is 1. The summed E-state index contributed by atoms with van der Waals surface area (Å²) in [6.45, 7) is 0.0703. The maximum Gasteiger partial charge on any atom is 0.412 e. The standard InChI is InChI=1S/C17H22N4O5/c1-25-16(23)15(10-6-5-9-14(22)11-19-21-18)20-17(24)26-12-13-7-3-2-4-8-13/h2-4,7-8,10,14,22H,5-6,9,11-12H2,1H3,(H,20,24)/b15-10-. The smallest absolute Gasteiger partial charge is 0.412 e. The van der Waals surface area contributed by atoms with E-state index in [0.717, 1.165) is 5.56 Å². The Morgan fingerprint density at radius 3 is 2.77 bits per heavy atom. The molecule has 0 aliphatic heterocycles. The van der Waals surface area contributed by atoms with Crippen molar-refractivity contribution in [2.45, 2.75) is 32.0 Å². The molecule has 26 heavy (non-hydrogen) atoms. The Morgan fingerprint density at radius 1 is 1.38 bits per heavy atom. The first-order valence-electron chi connectivity index (χ1n) is 8.02. The summed E-state index contributed by atoms with van der Waals surface area (Å²) in [4.78, 5) is 26.1. The summed E-state index contributed by atoms with van der Waals surface area (Å²) in [6, 6.07) is 9.13. The predicted octanol–water partition coefficient (Wildman–Crippen LogP) is 2.81. The molecule has 0 spiro atoms. The van der Waals surface area contributed by atoms with Crippen LogP contribution in [0.5, 0.6) is 0 Å². The fourth-order valence-corrected chi connectivity index (χ4v) is 1.99. The summed E-state index contributed by atoms with van der Waals surface area (Å²) >= 11 is 0. The Balaban J connectivity index is 2.48. The zero-order valence-corrected chi connectivity index (χ0v) is 14.5. The maximum absolute atomic E-state index is 11.8. The molecule has 1 aromatic carbocycles. The minimum atomic E-state index is -0.770. The van der Waals surface area contributed by atoms with Crippen LogP contribution in [0.2, 0.25) is 0 Å². The number of nitrogens with one attached hydrogen (secondary N) is 1. The number of azide groups is 1. The molecule has 140 valence electrons. The number of hydrogen-bond donors (Lipinski definition) is 2. The van der Waals surface area contributed by atoms with Gasteiger partial charge in [0.25, 0.3) is 0 Å². The van der Waals surface area contributed by atoms with Crippen LogP contribution in [0, 0.1) is 0 Å². The number of rotatable bonds is 10. The van der Waals surface area contributed by atoms with Crippen molar-refractivity contribution in [1.82, 2.24) is 5.32 Å². The van der Waals surface area contributed by atoms with Crippen LogP contribution < -0.4 is 5.32 Å². The van der Waals surface area contributed by atoms with E-state index in [9.17, 15) is 14.7 Å². The Kier molecular flexibility index (Phi) is 9.98. The molecule has 0 saturated carbocycles. The minimum Gasteiger partial charge on any atom is -0.464 e. The number of methoxy groups -OCH3 is 1. The number of unbranched alkanes of at least 4 members (excludes halogenated alkanes) is 1. The third-order valence-electron chi connectivity index (χ3n) is 3.30. The van der Waals surface area contributed by atoms with Gasteiger partial charge >= 0.3 is 12.1 Å². The highest BCUT2D eigenvalue weighted by molar-refractivity contribution is 5.92. The van der Waals surface area contributed by atoms with Crippen LogP contribution in [-0.2, 0) is 20.9 Å². The lowest BCUT2D eigenvalue weighted by Gasteiger charge is -2.10. The van der Waals surface area contributed by atoms with Crippen LogP contribution in [-0.4, -0.2) is 36.9 Å². The largest absolute Gasteiger partial charge is 0.464 e. The van der Waals surface area contributed by atoms with Gasteiger partial charge in [0.1, 0.15) is 12.3 Å². The van der Waals surface area contributed by atoms with Gasteiger partial charge in [-0.15, -0.1) is 0 Å². The molecule has 0 aromatic heterocycles. The molecule has 1 aromatic rings. The van der Waals surface area contributed by atoms with E-state index in [4.69, 9.17) is 10.3 Å². The zero-order valence-electron chi connectivity index (χ0n) is 14.5. The number of nitrogens with zero attached hydrogens (tertiary/aromatic N) is 3. The summed E-state index contributed by atoms with van der Waals surface area (Å²) in [5.74, 6) is -0.698. The molecule has 1 unspecified atom stereocenters. The van der Waals surface area contributed by atoms with Crippen LogP contribution in [0.15, 0.2) is 47.2 Å². The van der Waals surface area contributed by atoms with Gasteiger partial charge in [-0.1, -0.05) is 41.5 Å². The van der Waals surface area contributed by atoms with Gasteiger partial charge in [-0.3, -0.25) is 5.32 Å². The van der Waals surface area contributed by atoms with Crippen molar-refractivity contribution in [3.05, 3.63) is 58.1 Å². The molecular weight excluding hydrogens is 340 g/mol. The van der Waals surface area contributed by atoms with Crippen LogP contribution in [0.25, 0.3) is 10.4 Å². The van der Waals surface area contributed by atoms with E-state index in [1.807, 2.05) is 30.3 Å². The number of alkyl carbamates (subject to hydrolysis) is 1. The van der Waals surface area contributed by atoms with Crippen LogP contribution in [0.3, 0.4) is 0 Å². The quantitative estimate of drug-likeness (QED) is 0.165. The third-order valence-corrected chi connectivity index (χ3v) is 3.30. The zero-order chi connectivity index (χ0) is 19.2. The van der Waals surface area contributed by atoms with Gasteiger partial charge in [0.05, 0.1) is 19.8 Å². The molecule has 1 amide bonds. The monoisotopic (exact) mass is 362 g/mol. The second kappa shape index (κ2) is 12.3. The normalized spacial score (nSPS) is 11.8. The SMILES string of the molecule is COC(=O)/C(=C/CCCC(O)CN=[N+]=[N-])NC(=O)OCc1ccccc1. The van der Waals surface area contributed by atoms with Crippen molar-refractivity contribution in [2.75, 3.05) is 13.7 Å². The van der Waals surface area contributed by atoms with E-state index in [1.165, 1.54) is 13.2 Å². The van der Waals surface area contributed by atoms with Crippen LogP contribution in [0.1, 0.15) is 24.8 Å². The first kappa shape index (κ1) is 21.0. The van der Waals surface area contributed by atoms with E-state index in [1.54, 1.807) is 0 Å². The summed E-state index contributed by atoms with van der Waals surface area (Å²) in [5, 5.41) is 15.2. The fraction of sp³-hybridized carbons (Fsp3) is 0.412. The lowest BCUT2D eigenvalue weighted by atomic mass is 10.1. The molecule has 0 radical (unpaired) electrons. The summed E-state index contributed by atoms with van der Waals surface area (Å²) in [5.41, 5.74) is 8.97. The number of allylic oxidation sites excluding steroid dienone is 1. The molecule has 0 heterocycles. The van der Waals surface area contributed by atoms with Crippen LogP contribution in [0.4, 0.5) is 4.79 Å². The average Bonchev–Trinajstić information content (AvgIpc) is 2.67. The molecule has 0 aliphatic carbocycles. The first-order valence-corrected chi connectivity index (χ1v) is 8.02. The molecular formula is C17H22N4O5. The van der Waals surface area contributed by atoms with E-state index in [2.05, 4.69) is 20.1 Å². The van der Waals surface area contributed by atoms with Gasteiger partial charge in [0.15, 0.2) is 0 Å². The van der Waals surface area contributed by atoms with Crippen molar-refractivity contribution in [2.24, 2.45) is 5.11 Å². The van der Waals surface area contributed by atoms with Gasteiger partial charge in [0.2, 0.25) is 0 Å². The lowest BCUT2D eigenvalue weighted by Crippen LogP contribution is -2.28. The Bertz CT molecular complexity index is 656. The number of hydrogen-bond acceptors (Lipinski definition) is 6. The molecule has 0 saturated heterocycles. The molecule has 9 heteroatoms. The lowest BCUT2D eigenvalue weighted by molar-refractivity contribution is -0.136. The van der Waals surface area contributed by atoms with Gasteiger partial charge in [-0.2, -0.15) is 0 Å². The topological polar surface area (TPSA) is 134 Å². The molecule has 1 atom stereocenters. The molecule has 1 rings (SSSR count). The highest BCUT2D eigenvalue weighted by atomic mass is 16.6. The number of aliphatic hydroxyl groups is 1. The van der Waals surface area contributed by atoms with E-state index < -0.39 is 18.2 Å². The van der Waals surface area contributed by atoms with Gasteiger partial charge < -0.3 is 14.6 Å². The van der Waals surface area contributed by atoms with Crippen molar-refractivity contribution in [3.63, 3.8) is 0 Å². The molecule has 0 fully saturated rings. The first-order chi connectivity index (χ1) is 12.6. The van der Waals surface area contributed by atoms with Crippen LogP contribution >= 0.6 is 0 Å². The maximum atomic E-state index is 11.8. The summed E-state index contributed by atoms with van der Waals surface area (Å²) < 4.78 is 9.68. The Morgan fingerprint density at radius 2 is 2.12 bits per heavy atom. The number of benzene rings is 1. The number of aliphatic hydroxyl groups excluding tert-OH is 1. The highest BCUT2D eigenvalue weighted by Crippen LogP contribution is 2.06. The number of carbonyl (C=O) groups excluding carboxylic acids is 2. The number of ether oxygens (including phenoxy) is 2. The van der Waals surface area contributed by atoms with E-state index >= 15 is 0 Å². The summed E-state index contributed by atoms with van der Waals surface area (Å²) in [7, 11) is 1.21. The van der Waals surface area contributed by atoms with Crippen molar-refractivity contribution >= 4 is 12.1 Å².